The Bertz CT molecular complexity index is 423. The molecule has 6 heteroatoms. The highest BCUT2D eigenvalue weighted by atomic mass is 79.9. The lowest BCUT2D eigenvalue weighted by molar-refractivity contribution is 0.0593. The highest BCUT2D eigenvalue weighted by Crippen LogP contribution is 2.33. The molecule has 0 spiro atoms. The lowest BCUT2D eigenvalue weighted by atomic mass is 10.1. The van der Waals surface area contributed by atoms with Crippen LogP contribution in [0.4, 0.5) is 4.39 Å². The van der Waals surface area contributed by atoms with E-state index < -0.39 is 11.8 Å². The van der Waals surface area contributed by atoms with E-state index in [2.05, 4.69) is 20.7 Å². The summed E-state index contributed by atoms with van der Waals surface area (Å²) in [5.74, 6) is -1.73. The van der Waals surface area contributed by atoms with Gasteiger partial charge in [0.05, 0.1) is 19.2 Å². The molecule has 0 aliphatic rings. The number of hydrogen-bond acceptors (Lipinski definition) is 3. The van der Waals surface area contributed by atoms with Crippen LogP contribution in [0.25, 0.3) is 0 Å². The van der Waals surface area contributed by atoms with Crippen LogP contribution < -0.4 is 4.74 Å². The number of carbonyl (C=O) groups is 1. The van der Waals surface area contributed by atoms with E-state index in [1.54, 1.807) is 0 Å². The number of rotatable bonds is 3. The summed E-state index contributed by atoms with van der Waals surface area (Å²) < 4.78 is 23.2. The number of carbonyl (C=O) groups excluding carboxylic acids is 1. The van der Waals surface area contributed by atoms with Crippen molar-refractivity contribution < 1.29 is 18.7 Å². The fourth-order valence-electron chi connectivity index (χ4n) is 1.27. The zero-order chi connectivity index (χ0) is 12.3. The zero-order valence-corrected chi connectivity index (χ0v) is 11.0. The van der Waals surface area contributed by atoms with E-state index in [-0.39, 0.29) is 21.7 Å². The fourth-order valence-corrected chi connectivity index (χ4v) is 2.00. The Kier molecular flexibility index (Phi) is 4.56. The monoisotopic (exact) mass is 310 g/mol. The molecule has 0 heterocycles. The largest absolute Gasteiger partial charge is 0.492 e. The summed E-state index contributed by atoms with van der Waals surface area (Å²) in [5.41, 5.74) is 0.246. The first-order chi connectivity index (χ1) is 7.56. The van der Waals surface area contributed by atoms with Crippen LogP contribution in [0.2, 0.25) is 5.02 Å². The van der Waals surface area contributed by atoms with Gasteiger partial charge < -0.3 is 9.47 Å². The van der Waals surface area contributed by atoms with Gasteiger partial charge in [0.15, 0.2) is 11.6 Å². The first kappa shape index (κ1) is 13.3. The van der Waals surface area contributed by atoms with E-state index in [0.29, 0.717) is 5.56 Å². The molecule has 3 nitrogen and oxygen atoms in total. The van der Waals surface area contributed by atoms with Crippen LogP contribution in [0.5, 0.6) is 5.75 Å². The molecule has 16 heavy (non-hydrogen) atoms. The number of methoxy groups -OCH3 is 2. The van der Waals surface area contributed by atoms with Crippen LogP contribution in [0, 0.1) is 5.82 Å². The first-order valence-corrected chi connectivity index (χ1v) is 5.75. The normalized spacial score (nSPS) is 10.1. The van der Waals surface area contributed by atoms with Gasteiger partial charge >= 0.3 is 5.97 Å². The lowest BCUT2D eigenvalue weighted by Gasteiger charge is -2.11. The van der Waals surface area contributed by atoms with E-state index in [4.69, 9.17) is 16.3 Å². The van der Waals surface area contributed by atoms with Gasteiger partial charge in [-0.2, -0.15) is 0 Å². The SMILES string of the molecule is COC(=O)c1c(CBr)cc(Cl)c(OC)c1F. The molecule has 0 N–H and O–H groups in total. The molecule has 88 valence electrons. The van der Waals surface area contributed by atoms with Gasteiger partial charge in [0.2, 0.25) is 0 Å². The molecule has 0 amide bonds. The minimum Gasteiger partial charge on any atom is -0.492 e. The third kappa shape index (κ3) is 2.30. The number of benzene rings is 1. The van der Waals surface area contributed by atoms with Crippen molar-refractivity contribution in [2.75, 3.05) is 14.2 Å². The van der Waals surface area contributed by atoms with Gasteiger partial charge in [-0.25, -0.2) is 9.18 Å². The van der Waals surface area contributed by atoms with Crippen molar-refractivity contribution in [1.82, 2.24) is 0 Å². The molecule has 0 saturated carbocycles. The van der Waals surface area contributed by atoms with Crippen molar-refractivity contribution in [3.05, 3.63) is 28.0 Å². The van der Waals surface area contributed by atoms with Gasteiger partial charge in [0.25, 0.3) is 0 Å². The summed E-state index contributed by atoms with van der Waals surface area (Å²) in [6.07, 6.45) is 0. The molecule has 0 unspecified atom stereocenters. The Labute approximate surface area is 106 Å². The highest BCUT2D eigenvalue weighted by Gasteiger charge is 2.23. The predicted molar refractivity (Wildman–Crippen MR) is 61.9 cm³/mol. The van der Waals surface area contributed by atoms with Crippen LogP contribution in [0.1, 0.15) is 15.9 Å². The number of hydrogen-bond donors (Lipinski definition) is 0. The second kappa shape index (κ2) is 5.50. The Balaban J connectivity index is 3.49. The minimum atomic E-state index is -0.809. The number of esters is 1. The molecule has 0 saturated heterocycles. The molecule has 0 bridgehead atoms. The number of ether oxygens (including phenoxy) is 2. The van der Waals surface area contributed by atoms with E-state index >= 15 is 0 Å². The summed E-state index contributed by atoms with van der Waals surface area (Å²) in [6, 6.07) is 1.46. The quantitative estimate of drug-likeness (QED) is 0.635. The summed E-state index contributed by atoms with van der Waals surface area (Å²) in [6.45, 7) is 0. The Hall–Kier alpha value is -0.810. The Morgan fingerprint density at radius 1 is 1.56 bits per heavy atom. The van der Waals surface area contributed by atoms with Crippen molar-refractivity contribution >= 4 is 33.5 Å². The maximum Gasteiger partial charge on any atom is 0.341 e. The second-order valence-electron chi connectivity index (χ2n) is 2.86. The van der Waals surface area contributed by atoms with Gasteiger partial charge in [-0.3, -0.25) is 0 Å². The summed E-state index contributed by atoms with van der Waals surface area (Å²) >= 11 is 8.94. The summed E-state index contributed by atoms with van der Waals surface area (Å²) in [7, 11) is 2.46. The number of halogens is 3. The second-order valence-corrected chi connectivity index (χ2v) is 3.83. The molecule has 0 fully saturated rings. The third-order valence-corrected chi connectivity index (χ3v) is 2.88. The minimum absolute atomic E-state index is 0.113. The zero-order valence-electron chi connectivity index (χ0n) is 8.64. The predicted octanol–water partition coefficient (Wildman–Crippen LogP) is 3.17. The van der Waals surface area contributed by atoms with Crippen LogP contribution in [-0.2, 0) is 10.1 Å². The van der Waals surface area contributed by atoms with E-state index in [1.807, 2.05) is 0 Å². The molecule has 1 aromatic carbocycles. The van der Waals surface area contributed by atoms with E-state index in [1.165, 1.54) is 20.3 Å². The maximum absolute atomic E-state index is 13.9. The third-order valence-electron chi connectivity index (χ3n) is 2.00. The summed E-state index contributed by atoms with van der Waals surface area (Å²) in [4.78, 5) is 11.4. The van der Waals surface area contributed by atoms with Gasteiger partial charge in [-0.05, 0) is 11.6 Å². The standard InChI is InChI=1S/C10H9BrClFO3/c1-15-9-6(12)3-5(4-11)7(8(9)13)10(14)16-2/h3H,4H2,1-2H3. The van der Waals surface area contributed by atoms with Crippen molar-refractivity contribution in [2.24, 2.45) is 0 Å². The molecule has 0 aliphatic heterocycles. The van der Waals surface area contributed by atoms with Crippen molar-refractivity contribution in [3.8, 4) is 5.75 Å². The van der Waals surface area contributed by atoms with E-state index in [9.17, 15) is 9.18 Å². The number of alkyl halides is 1. The maximum atomic E-state index is 13.9. The van der Waals surface area contributed by atoms with Crippen LogP contribution in [0.3, 0.4) is 0 Å². The fraction of sp³-hybridized carbons (Fsp3) is 0.300. The molecule has 0 radical (unpaired) electrons. The van der Waals surface area contributed by atoms with Crippen LogP contribution in [-0.4, -0.2) is 20.2 Å². The molecular formula is C10H9BrClFO3. The van der Waals surface area contributed by atoms with Crippen LogP contribution >= 0.6 is 27.5 Å². The average molecular weight is 312 g/mol. The molecule has 1 aromatic rings. The molecule has 0 atom stereocenters. The highest BCUT2D eigenvalue weighted by molar-refractivity contribution is 9.08. The van der Waals surface area contributed by atoms with Crippen molar-refractivity contribution in [1.29, 1.82) is 0 Å². The topological polar surface area (TPSA) is 35.5 Å². The Morgan fingerprint density at radius 2 is 2.19 bits per heavy atom. The molecule has 1 rings (SSSR count). The molecule has 0 aromatic heterocycles. The molecule has 0 aliphatic carbocycles. The van der Waals surface area contributed by atoms with Gasteiger partial charge in [-0.1, -0.05) is 27.5 Å². The van der Waals surface area contributed by atoms with Crippen molar-refractivity contribution in [3.63, 3.8) is 0 Å². The average Bonchev–Trinajstić information content (AvgIpc) is 2.27. The Morgan fingerprint density at radius 3 is 2.62 bits per heavy atom. The molecular weight excluding hydrogens is 302 g/mol. The lowest BCUT2D eigenvalue weighted by Crippen LogP contribution is -2.09. The van der Waals surface area contributed by atoms with Gasteiger partial charge in [0, 0.05) is 5.33 Å². The van der Waals surface area contributed by atoms with Gasteiger partial charge in [0.1, 0.15) is 5.56 Å². The summed E-state index contributed by atoms with van der Waals surface area (Å²) in [5, 5.41) is 0.403. The van der Waals surface area contributed by atoms with E-state index in [0.717, 1.165) is 0 Å². The van der Waals surface area contributed by atoms with Crippen molar-refractivity contribution in [2.45, 2.75) is 5.33 Å². The first-order valence-electron chi connectivity index (χ1n) is 4.25. The smallest absolute Gasteiger partial charge is 0.341 e. The van der Waals surface area contributed by atoms with Crippen LogP contribution in [0.15, 0.2) is 6.07 Å². The van der Waals surface area contributed by atoms with Gasteiger partial charge in [-0.15, -0.1) is 0 Å².